The number of guanidine groups is 1. The molecule has 0 aromatic heterocycles. The highest BCUT2D eigenvalue weighted by Gasteiger charge is 2.27. The summed E-state index contributed by atoms with van der Waals surface area (Å²) < 4.78 is 0. The molecule has 3 rings (SSSR count). The first kappa shape index (κ1) is 18.1. The second-order valence-electron chi connectivity index (χ2n) is 7.81. The van der Waals surface area contributed by atoms with Crippen LogP contribution >= 0.6 is 0 Å². The van der Waals surface area contributed by atoms with E-state index in [0.29, 0.717) is 12.0 Å². The van der Waals surface area contributed by atoms with Gasteiger partial charge in [-0.15, -0.1) is 0 Å². The fraction of sp³-hybridized carbons (Fsp3) is 0.667. The van der Waals surface area contributed by atoms with Crippen LogP contribution < -0.4 is 5.32 Å². The van der Waals surface area contributed by atoms with Crippen molar-refractivity contribution in [3.05, 3.63) is 24.3 Å². The van der Waals surface area contributed by atoms with Gasteiger partial charge < -0.3 is 15.3 Å². The molecule has 0 amide bonds. The molecule has 2 unspecified atom stereocenters. The van der Waals surface area contributed by atoms with Crippen LogP contribution in [0.5, 0.6) is 5.75 Å². The predicted octanol–water partition coefficient (Wildman–Crippen LogP) is 4.86. The Bertz CT molecular complexity index is 582. The number of benzene rings is 1. The number of aromatic hydroxyl groups is 1. The lowest BCUT2D eigenvalue weighted by Crippen LogP contribution is -2.40. The maximum Gasteiger partial charge on any atom is 0.198 e. The first-order chi connectivity index (χ1) is 12.2. The second-order valence-corrected chi connectivity index (χ2v) is 7.81. The molecule has 2 N–H and O–H groups in total. The van der Waals surface area contributed by atoms with E-state index in [-0.39, 0.29) is 5.75 Å². The highest BCUT2D eigenvalue weighted by Crippen LogP contribution is 2.31. The van der Waals surface area contributed by atoms with Gasteiger partial charge >= 0.3 is 0 Å². The number of aliphatic imine (C=N–C) groups is 1. The predicted molar refractivity (Wildman–Crippen MR) is 105 cm³/mol. The van der Waals surface area contributed by atoms with Gasteiger partial charge in [0.2, 0.25) is 0 Å². The van der Waals surface area contributed by atoms with Gasteiger partial charge in [-0.05, 0) is 56.1 Å². The molecular weight excluding hydrogens is 310 g/mol. The molecule has 2 aliphatic carbocycles. The Hall–Kier alpha value is -1.71. The van der Waals surface area contributed by atoms with Gasteiger partial charge in [-0.25, -0.2) is 4.99 Å². The highest BCUT2D eigenvalue weighted by molar-refractivity contribution is 5.95. The van der Waals surface area contributed by atoms with Gasteiger partial charge in [-0.2, -0.15) is 0 Å². The van der Waals surface area contributed by atoms with Gasteiger partial charge in [-0.1, -0.05) is 38.8 Å². The summed E-state index contributed by atoms with van der Waals surface area (Å²) in [5, 5.41) is 13.6. The van der Waals surface area contributed by atoms with Crippen molar-refractivity contribution in [3.8, 4) is 5.75 Å². The molecule has 0 heterocycles. The van der Waals surface area contributed by atoms with Crippen molar-refractivity contribution in [3.63, 3.8) is 0 Å². The third-order valence-corrected chi connectivity index (χ3v) is 5.47. The minimum atomic E-state index is 0.287. The average Bonchev–Trinajstić information content (AvgIpc) is 3.42. The summed E-state index contributed by atoms with van der Waals surface area (Å²) in [4.78, 5) is 7.58. The van der Waals surface area contributed by atoms with Crippen LogP contribution in [0.2, 0.25) is 0 Å². The molecule has 138 valence electrons. The van der Waals surface area contributed by atoms with Gasteiger partial charge in [0.25, 0.3) is 0 Å². The van der Waals surface area contributed by atoms with Crippen LogP contribution in [-0.2, 0) is 0 Å². The molecule has 25 heavy (non-hydrogen) atoms. The SMILES string of the molecule is CCCN(CC1CC1)C(=NC1CCCCC1C)Nc1ccccc1O. The third-order valence-electron chi connectivity index (χ3n) is 5.47. The molecule has 1 aromatic rings. The fourth-order valence-electron chi connectivity index (χ4n) is 3.70. The molecule has 2 saturated carbocycles. The summed E-state index contributed by atoms with van der Waals surface area (Å²) in [6.45, 7) is 6.64. The topological polar surface area (TPSA) is 47.9 Å². The molecule has 1 aromatic carbocycles. The quantitative estimate of drug-likeness (QED) is 0.440. The van der Waals surface area contributed by atoms with Gasteiger partial charge in [0.1, 0.15) is 5.75 Å². The zero-order valence-electron chi connectivity index (χ0n) is 15.7. The normalized spacial score (nSPS) is 24.2. The van der Waals surface area contributed by atoms with E-state index in [0.717, 1.165) is 37.1 Å². The number of hydrogen-bond donors (Lipinski definition) is 2. The minimum absolute atomic E-state index is 0.287. The van der Waals surface area contributed by atoms with Crippen LogP contribution in [0.4, 0.5) is 5.69 Å². The van der Waals surface area contributed by atoms with E-state index in [4.69, 9.17) is 4.99 Å². The van der Waals surface area contributed by atoms with Crippen LogP contribution in [0.15, 0.2) is 29.3 Å². The Morgan fingerprint density at radius 2 is 1.96 bits per heavy atom. The zero-order valence-corrected chi connectivity index (χ0v) is 15.7. The Balaban J connectivity index is 1.84. The van der Waals surface area contributed by atoms with E-state index in [9.17, 15) is 5.11 Å². The van der Waals surface area contributed by atoms with Gasteiger partial charge in [0.05, 0.1) is 11.7 Å². The number of para-hydroxylation sites is 2. The number of nitrogens with zero attached hydrogens (tertiary/aromatic N) is 2. The molecule has 2 aliphatic rings. The van der Waals surface area contributed by atoms with Gasteiger partial charge in [0.15, 0.2) is 5.96 Å². The Morgan fingerprint density at radius 3 is 2.64 bits per heavy atom. The van der Waals surface area contributed by atoms with Crippen molar-refractivity contribution in [1.29, 1.82) is 0 Å². The maximum atomic E-state index is 10.2. The van der Waals surface area contributed by atoms with Crippen LogP contribution in [0.25, 0.3) is 0 Å². The lowest BCUT2D eigenvalue weighted by atomic mass is 9.86. The summed E-state index contributed by atoms with van der Waals surface area (Å²) in [6, 6.07) is 7.85. The third kappa shape index (κ3) is 5.13. The smallest absolute Gasteiger partial charge is 0.198 e. The van der Waals surface area contributed by atoms with Crippen molar-refractivity contribution >= 4 is 11.6 Å². The van der Waals surface area contributed by atoms with Crippen LogP contribution in [-0.4, -0.2) is 35.1 Å². The largest absolute Gasteiger partial charge is 0.506 e. The Morgan fingerprint density at radius 1 is 1.20 bits per heavy atom. The van der Waals surface area contributed by atoms with E-state index in [1.807, 2.05) is 18.2 Å². The molecule has 4 heteroatoms. The Labute approximate surface area is 152 Å². The lowest BCUT2D eigenvalue weighted by molar-refractivity contribution is 0.324. The molecular formula is C21H33N3O. The summed E-state index contributed by atoms with van der Waals surface area (Å²) >= 11 is 0. The molecule has 0 radical (unpaired) electrons. The van der Waals surface area contributed by atoms with Crippen LogP contribution in [0, 0.1) is 11.8 Å². The van der Waals surface area contributed by atoms with E-state index < -0.39 is 0 Å². The van der Waals surface area contributed by atoms with Gasteiger partial charge in [-0.3, -0.25) is 0 Å². The van der Waals surface area contributed by atoms with Crippen molar-refractivity contribution in [2.75, 3.05) is 18.4 Å². The minimum Gasteiger partial charge on any atom is -0.506 e. The molecule has 0 aliphatic heterocycles. The molecule has 4 nitrogen and oxygen atoms in total. The van der Waals surface area contributed by atoms with Crippen molar-refractivity contribution in [2.24, 2.45) is 16.8 Å². The summed E-state index contributed by atoms with van der Waals surface area (Å²) in [7, 11) is 0. The number of hydrogen-bond acceptors (Lipinski definition) is 2. The monoisotopic (exact) mass is 343 g/mol. The highest BCUT2D eigenvalue weighted by atomic mass is 16.3. The summed E-state index contributed by atoms with van der Waals surface area (Å²) in [5.74, 6) is 2.69. The zero-order chi connectivity index (χ0) is 17.6. The summed E-state index contributed by atoms with van der Waals surface area (Å²) in [6.07, 6.45) is 8.84. The lowest BCUT2D eigenvalue weighted by Gasteiger charge is -2.31. The molecule has 2 atom stereocenters. The second kappa shape index (κ2) is 8.59. The van der Waals surface area contributed by atoms with Crippen LogP contribution in [0.1, 0.15) is 58.8 Å². The number of rotatable bonds is 6. The van der Waals surface area contributed by atoms with Gasteiger partial charge in [0, 0.05) is 13.1 Å². The van der Waals surface area contributed by atoms with E-state index in [1.54, 1.807) is 6.07 Å². The van der Waals surface area contributed by atoms with E-state index in [1.165, 1.54) is 38.5 Å². The first-order valence-electron chi connectivity index (χ1n) is 10.0. The average molecular weight is 344 g/mol. The number of nitrogens with one attached hydrogen (secondary N) is 1. The van der Waals surface area contributed by atoms with E-state index >= 15 is 0 Å². The molecule has 0 saturated heterocycles. The Kier molecular flexibility index (Phi) is 6.22. The van der Waals surface area contributed by atoms with Crippen molar-refractivity contribution in [1.82, 2.24) is 4.90 Å². The van der Waals surface area contributed by atoms with Crippen LogP contribution in [0.3, 0.4) is 0 Å². The number of phenolic OH excluding ortho intramolecular Hbond substituents is 1. The van der Waals surface area contributed by atoms with Crippen molar-refractivity contribution in [2.45, 2.75) is 64.8 Å². The summed E-state index contributed by atoms with van der Waals surface area (Å²) in [5.41, 5.74) is 0.751. The fourth-order valence-corrected chi connectivity index (χ4v) is 3.70. The number of phenols is 1. The molecule has 0 spiro atoms. The van der Waals surface area contributed by atoms with E-state index in [2.05, 4.69) is 24.1 Å². The number of anilines is 1. The molecule has 0 bridgehead atoms. The first-order valence-corrected chi connectivity index (χ1v) is 10.0. The standard InChI is InChI=1S/C21H33N3O/c1-3-14-24(15-17-12-13-17)21(22-18-9-5-4-8-16(18)2)23-19-10-6-7-11-20(19)25/h6-7,10-11,16-18,25H,3-5,8-9,12-15H2,1-2H3,(H,22,23). The molecule has 2 fully saturated rings. The van der Waals surface area contributed by atoms with Crippen molar-refractivity contribution < 1.29 is 5.11 Å². The maximum absolute atomic E-state index is 10.2.